The minimum atomic E-state index is -1.58. The van der Waals surface area contributed by atoms with Crippen molar-refractivity contribution < 1.29 is 32.3 Å². The Balaban J connectivity index is 0.00000115. The number of hydrogen-bond acceptors (Lipinski definition) is 5. The van der Waals surface area contributed by atoms with E-state index in [1.54, 1.807) is 18.2 Å². The summed E-state index contributed by atoms with van der Waals surface area (Å²) < 4.78 is 46.8. The molecule has 2 heterocycles. The predicted molar refractivity (Wildman–Crippen MR) is 124 cm³/mol. The normalized spacial score (nSPS) is 11.7. The number of primary amides is 1. The van der Waals surface area contributed by atoms with Gasteiger partial charge >= 0.3 is 0 Å². The summed E-state index contributed by atoms with van der Waals surface area (Å²) in [6.07, 6.45) is 2.38. The van der Waals surface area contributed by atoms with Crippen LogP contribution in [0.5, 0.6) is 5.75 Å². The number of ether oxygens (including phenoxy) is 1. The lowest BCUT2D eigenvalue weighted by atomic mass is 10.1. The summed E-state index contributed by atoms with van der Waals surface area (Å²) in [6, 6.07) is 9.76. The molecular formula is C25H22F3N3O5. The Hall–Kier alpha value is -4.41. The van der Waals surface area contributed by atoms with Gasteiger partial charge in [0.25, 0.3) is 5.56 Å². The fraction of sp³-hybridized carbons (Fsp3) is 0.200. The summed E-state index contributed by atoms with van der Waals surface area (Å²) in [4.78, 5) is 45.2. The van der Waals surface area contributed by atoms with Crippen LogP contribution in [-0.2, 0) is 22.6 Å². The van der Waals surface area contributed by atoms with Crippen LogP contribution in [0.3, 0.4) is 0 Å². The number of carbonyl (C=O) groups excluding carboxylic acids is 3. The third-order valence-electron chi connectivity index (χ3n) is 5.24. The second-order valence-corrected chi connectivity index (χ2v) is 7.78. The van der Waals surface area contributed by atoms with E-state index < -0.39 is 28.8 Å². The second kappa shape index (κ2) is 11.8. The molecule has 0 radical (unpaired) electrons. The van der Waals surface area contributed by atoms with Gasteiger partial charge < -0.3 is 20.4 Å². The number of anilines is 1. The highest BCUT2D eigenvalue weighted by Gasteiger charge is 2.18. The van der Waals surface area contributed by atoms with Crippen LogP contribution in [0.2, 0.25) is 0 Å². The number of fused-ring (bicyclic) bond motifs is 1. The second-order valence-electron chi connectivity index (χ2n) is 7.78. The Morgan fingerprint density at radius 1 is 1.11 bits per heavy atom. The van der Waals surface area contributed by atoms with Crippen molar-refractivity contribution in [2.75, 3.05) is 11.9 Å². The molecule has 0 saturated heterocycles. The Kier molecular flexibility index (Phi) is 8.61. The number of nitrogens with two attached hydrogens (primary N) is 1. The van der Waals surface area contributed by atoms with Crippen molar-refractivity contribution in [1.82, 2.24) is 4.57 Å². The van der Waals surface area contributed by atoms with Crippen LogP contribution in [0.1, 0.15) is 34.3 Å². The van der Waals surface area contributed by atoms with Crippen LogP contribution >= 0.6 is 0 Å². The van der Waals surface area contributed by atoms with Crippen molar-refractivity contribution in [2.24, 2.45) is 5.73 Å². The fourth-order valence-electron chi connectivity index (χ4n) is 3.61. The fourth-order valence-corrected chi connectivity index (χ4v) is 3.61. The number of rotatable bonds is 8. The first-order valence-corrected chi connectivity index (χ1v) is 10.8. The van der Waals surface area contributed by atoms with Crippen LogP contribution in [-0.4, -0.2) is 29.3 Å². The maximum atomic E-state index is 13.4. The van der Waals surface area contributed by atoms with Crippen molar-refractivity contribution in [2.45, 2.75) is 25.8 Å². The van der Waals surface area contributed by atoms with Gasteiger partial charge in [0.05, 0.1) is 25.1 Å². The van der Waals surface area contributed by atoms with Crippen molar-refractivity contribution in [3.05, 3.63) is 93.2 Å². The van der Waals surface area contributed by atoms with Crippen LogP contribution in [0, 0.1) is 17.5 Å². The molecule has 0 spiro atoms. The zero-order valence-electron chi connectivity index (χ0n) is 18.9. The number of pyridine rings is 1. The van der Waals surface area contributed by atoms with Gasteiger partial charge in [0.15, 0.2) is 23.2 Å². The van der Waals surface area contributed by atoms with Gasteiger partial charge in [0.2, 0.25) is 12.3 Å². The number of carbonyl (C=O) groups is 3. The van der Waals surface area contributed by atoms with Crippen molar-refractivity contribution >= 4 is 23.8 Å². The number of aromatic nitrogens is 1. The summed E-state index contributed by atoms with van der Waals surface area (Å²) in [5.74, 6) is -4.19. The van der Waals surface area contributed by atoms with E-state index in [0.717, 1.165) is 22.3 Å². The molecule has 2 amide bonds. The molecule has 3 aromatic rings. The molecule has 11 heteroatoms. The number of nitrogens with one attached hydrogen (secondary N) is 1. The molecule has 188 valence electrons. The number of hydrogen-bond donors (Lipinski definition) is 2. The Bertz CT molecular complexity index is 1330. The maximum absolute atomic E-state index is 13.4. The molecule has 4 rings (SSSR count). The summed E-state index contributed by atoms with van der Waals surface area (Å²) in [7, 11) is 0. The minimum absolute atomic E-state index is 0.0528. The molecule has 0 aliphatic carbocycles. The largest absolute Gasteiger partial charge is 0.494 e. The molecule has 0 fully saturated rings. The van der Waals surface area contributed by atoms with Gasteiger partial charge in [-0.15, -0.1) is 0 Å². The third kappa shape index (κ3) is 6.38. The molecule has 0 atom stereocenters. The number of benzene rings is 2. The number of ketones is 1. The third-order valence-corrected chi connectivity index (χ3v) is 5.24. The van der Waals surface area contributed by atoms with Gasteiger partial charge in [-0.3, -0.25) is 19.2 Å². The van der Waals surface area contributed by atoms with Crippen LogP contribution < -0.4 is 21.3 Å². The highest BCUT2D eigenvalue weighted by molar-refractivity contribution is 5.99. The lowest BCUT2D eigenvalue weighted by molar-refractivity contribution is -0.115. The van der Waals surface area contributed by atoms with E-state index >= 15 is 0 Å². The first-order chi connectivity index (χ1) is 17.2. The molecule has 1 aliphatic rings. The quantitative estimate of drug-likeness (QED) is 0.213. The molecule has 8 nitrogen and oxygen atoms in total. The number of halogens is 3. The van der Waals surface area contributed by atoms with Crippen molar-refractivity contribution in [3.8, 4) is 5.75 Å². The van der Waals surface area contributed by atoms with E-state index in [-0.39, 0.29) is 43.0 Å². The van der Waals surface area contributed by atoms with Gasteiger partial charge in [-0.2, -0.15) is 0 Å². The minimum Gasteiger partial charge on any atom is -0.494 e. The van der Waals surface area contributed by atoms with Crippen molar-refractivity contribution in [1.29, 1.82) is 0 Å². The standard InChI is InChI=1S/C24H19F3N2O4.CH3NO/c25-18-9-14(10-19(26)23(18)27)13-29-7-1-3-17(24(29)32)21(30)4-2-8-33-16-6-5-15-11-22(31)28-20(15)12-16;2-1-3/h1,3,5-7,9-10,12H,2,4,8,11,13H2,(H,28,31);1H,(H2,2,3). The first-order valence-electron chi connectivity index (χ1n) is 10.8. The summed E-state index contributed by atoms with van der Waals surface area (Å²) in [6.45, 7) is 0.0136. The van der Waals surface area contributed by atoms with E-state index in [0.29, 0.717) is 24.3 Å². The smallest absolute Gasteiger partial charge is 0.261 e. The Labute approximate surface area is 203 Å². The molecule has 0 unspecified atom stereocenters. The van der Waals surface area contributed by atoms with Gasteiger partial charge in [0, 0.05) is 24.4 Å². The molecular weight excluding hydrogens is 479 g/mol. The molecule has 0 bridgehead atoms. The molecule has 2 aromatic carbocycles. The van der Waals surface area contributed by atoms with Gasteiger partial charge in [-0.1, -0.05) is 6.07 Å². The number of Topliss-reactive ketones (excluding diaryl/α,β-unsaturated/α-hetero) is 1. The summed E-state index contributed by atoms with van der Waals surface area (Å²) >= 11 is 0. The average Bonchev–Trinajstić information content (AvgIpc) is 3.21. The van der Waals surface area contributed by atoms with Crippen LogP contribution in [0.15, 0.2) is 53.5 Å². The van der Waals surface area contributed by atoms with Gasteiger partial charge in [-0.05, 0) is 47.9 Å². The van der Waals surface area contributed by atoms with Crippen molar-refractivity contribution in [3.63, 3.8) is 0 Å². The van der Waals surface area contributed by atoms with E-state index in [1.165, 1.54) is 18.3 Å². The summed E-state index contributed by atoms with van der Waals surface area (Å²) in [5, 5.41) is 2.74. The highest BCUT2D eigenvalue weighted by Crippen LogP contribution is 2.27. The molecule has 1 aromatic heterocycles. The monoisotopic (exact) mass is 501 g/mol. The molecule has 0 saturated carbocycles. The maximum Gasteiger partial charge on any atom is 0.261 e. The van der Waals surface area contributed by atoms with E-state index in [4.69, 9.17) is 9.53 Å². The molecule has 1 aliphatic heterocycles. The zero-order chi connectivity index (χ0) is 26.2. The lowest BCUT2D eigenvalue weighted by Crippen LogP contribution is -2.26. The SMILES string of the molecule is NC=O.O=C1Cc2ccc(OCCCC(=O)c3cccn(Cc4cc(F)c(F)c(F)c4)c3=O)cc2N1. The van der Waals surface area contributed by atoms with E-state index in [2.05, 4.69) is 11.1 Å². The van der Waals surface area contributed by atoms with Gasteiger partial charge in [-0.25, -0.2) is 13.2 Å². The molecule has 3 N–H and O–H groups in total. The van der Waals surface area contributed by atoms with Crippen LogP contribution in [0.4, 0.5) is 18.9 Å². The topological polar surface area (TPSA) is 120 Å². The summed E-state index contributed by atoms with van der Waals surface area (Å²) in [5.41, 5.74) is 5.16. The predicted octanol–water partition coefficient (Wildman–Crippen LogP) is 2.95. The molecule has 36 heavy (non-hydrogen) atoms. The lowest BCUT2D eigenvalue weighted by Gasteiger charge is -2.10. The van der Waals surface area contributed by atoms with E-state index in [9.17, 15) is 27.6 Å². The number of nitrogens with zero attached hydrogens (tertiary/aromatic N) is 1. The van der Waals surface area contributed by atoms with Crippen LogP contribution in [0.25, 0.3) is 0 Å². The zero-order valence-corrected chi connectivity index (χ0v) is 18.9. The highest BCUT2D eigenvalue weighted by atomic mass is 19.2. The average molecular weight is 501 g/mol. The first kappa shape index (κ1) is 26.2. The Morgan fingerprint density at radius 2 is 1.81 bits per heavy atom. The van der Waals surface area contributed by atoms with E-state index in [1.807, 2.05) is 0 Å². The number of amides is 2. The van der Waals surface area contributed by atoms with Gasteiger partial charge in [0.1, 0.15) is 5.75 Å². The Morgan fingerprint density at radius 3 is 2.50 bits per heavy atom.